The fraction of sp³-hybridized carbons (Fsp3) is 0.226. The molecule has 5 heteroatoms. The quantitative estimate of drug-likeness (QED) is 0.298. The molecule has 0 radical (unpaired) electrons. The van der Waals surface area contributed by atoms with Crippen molar-refractivity contribution in [2.75, 3.05) is 4.90 Å². The van der Waals surface area contributed by atoms with Gasteiger partial charge < -0.3 is 10.0 Å². The number of anilines is 1. The molecule has 3 aromatic carbocycles. The second-order valence-corrected chi connectivity index (χ2v) is 9.85. The molecule has 0 aliphatic carbocycles. The molecule has 0 fully saturated rings. The summed E-state index contributed by atoms with van der Waals surface area (Å²) in [6.07, 6.45) is 7.54. The molecule has 1 aliphatic rings. The zero-order valence-electron chi connectivity index (χ0n) is 20.8. The SMILES string of the molecule is CC(C)c1ccc(N2C(C)Cc3cc(-c4cn[nH]c4)ccc3C2c2ccc(/C=C/C(=O)O)cc2)cc1. The number of nitrogens with one attached hydrogen (secondary N) is 1. The van der Waals surface area contributed by atoms with Gasteiger partial charge in [-0.2, -0.15) is 5.10 Å². The molecule has 2 atom stereocenters. The van der Waals surface area contributed by atoms with Crippen LogP contribution < -0.4 is 4.90 Å². The Morgan fingerprint density at radius 2 is 1.81 bits per heavy atom. The highest BCUT2D eigenvalue weighted by atomic mass is 16.4. The van der Waals surface area contributed by atoms with Gasteiger partial charge in [-0.1, -0.05) is 68.4 Å². The lowest BCUT2D eigenvalue weighted by atomic mass is 9.83. The van der Waals surface area contributed by atoms with E-state index in [9.17, 15) is 4.79 Å². The Balaban J connectivity index is 1.59. The zero-order valence-corrected chi connectivity index (χ0v) is 20.8. The molecule has 2 unspecified atom stereocenters. The lowest BCUT2D eigenvalue weighted by molar-refractivity contribution is -0.131. The summed E-state index contributed by atoms with van der Waals surface area (Å²) in [7, 11) is 0. The minimum atomic E-state index is -0.946. The van der Waals surface area contributed by atoms with Crippen molar-refractivity contribution in [3.63, 3.8) is 0 Å². The second kappa shape index (κ2) is 9.86. The van der Waals surface area contributed by atoms with Crippen molar-refractivity contribution in [3.8, 4) is 11.1 Å². The number of rotatable bonds is 6. The Labute approximate surface area is 212 Å². The van der Waals surface area contributed by atoms with Crippen molar-refractivity contribution in [3.05, 3.63) is 113 Å². The van der Waals surface area contributed by atoms with Gasteiger partial charge >= 0.3 is 5.97 Å². The molecule has 0 amide bonds. The van der Waals surface area contributed by atoms with Crippen molar-refractivity contribution in [2.45, 2.75) is 45.2 Å². The van der Waals surface area contributed by atoms with Gasteiger partial charge in [0.15, 0.2) is 0 Å². The topological polar surface area (TPSA) is 69.2 Å². The normalized spacial score (nSPS) is 17.5. The van der Waals surface area contributed by atoms with E-state index >= 15 is 0 Å². The Hall–Kier alpha value is -4.12. The first-order valence-electron chi connectivity index (χ1n) is 12.4. The van der Waals surface area contributed by atoms with Gasteiger partial charge in [-0.05, 0) is 70.9 Å². The van der Waals surface area contributed by atoms with E-state index in [0.29, 0.717) is 12.0 Å². The van der Waals surface area contributed by atoms with Gasteiger partial charge in [0, 0.05) is 29.6 Å². The molecule has 2 N–H and O–H groups in total. The molecule has 0 spiro atoms. The van der Waals surface area contributed by atoms with E-state index in [-0.39, 0.29) is 6.04 Å². The highest BCUT2D eigenvalue weighted by Crippen LogP contribution is 2.42. The summed E-state index contributed by atoms with van der Waals surface area (Å²) >= 11 is 0. The number of carbonyl (C=O) groups is 1. The monoisotopic (exact) mass is 477 g/mol. The minimum Gasteiger partial charge on any atom is -0.478 e. The summed E-state index contributed by atoms with van der Waals surface area (Å²) in [6, 6.07) is 24.3. The van der Waals surface area contributed by atoms with Crippen LogP contribution in [0.3, 0.4) is 0 Å². The van der Waals surface area contributed by atoms with Crippen molar-refractivity contribution in [2.24, 2.45) is 0 Å². The molecule has 1 aromatic heterocycles. The number of aromatic amines is 1. The average Bonchev–Trinajstić information content (AvgIpc) is 3.42. The first-order valence-corrected chi connectivity index (χ1v) is 12.4. The molecular formula is C31H31N3O2. The van der Waals surface area contributed by atoms with E-state index in [1.807, 2.05) is 24.5 Å². The van der Waals surface area contributed by atoms with Crippen LogP contribution in [0, 0.1) is 0 Å². The van der Waals surface area contributed by atoms with Crippen LogP contribution in [0.15, 0.2) is 85.2 Å². The fourth-order valence-corrected chi connectivity index (χ4v) is 5.19. The molecule has 36 heavy (non-hydrogen) atoms. The molecule has 5 nitrogen and oxygen atoms in total. The van der Waals surface area contributed by atoms with E-state index in [1.54, 1.807) is 6.08 Å². The molecule has 0 saturated heterocycles. The van der Waals surface area contributed by atoms with Crippen molar-refractivity contribution >= 4 is 17.7 Å². The molecule has 182 valence electrons. The number of carboxylic acid groups (broad SMARTS) is 1. The molecule has 0 bridgehead atoms. The first-order chi connectivity index (χ1) is 17.4. The minimum absolute atomic E-state index is 0.0459. The van der Waals surface area contributed by atoms with Crippen LogP contribution in [-0.4, -0.2) is 27.3 Å². The van der Waals surface area contributed by atoms with Crippen LogP contribution in [-0.2, 0) is 11.2 Å². The lowest BCUT2D eigenvalue weighted by Crippen LogP contribution is -2.42. The molecule has 0 saturated carbocycles. The smallest absolute Gasteiger partial charge is 0.328 e. The Kier molecular flexibility index (Phi) is 6.47. The third kappa shape index (κ3) is 4.69. The van der Waals surface area contributed by atoms with Gasteiger partial charge in [-0.25, -0.2) is 4.79 Å². The number of carboxylic acids is 1. The third-order valence-corrected chi connectivity index (χ3v) is 7.07. The van der Waals surface area contributed by atoms with E-state index in [1.165, 1.54) is 34.0 Å². The van der Waals surface area contributed by atoms with Crippen molar-refractivity contribution in [1.82, 2.24) is 10.2 Å². The molecule has 2 heterocycles. The van der Waals surface area contributed by atoms with Crippen LogP contribution in [0.4, 0.5) is 5.69 Å². The summed E-state index contributed by atoms with van der Waals surface area (Å²) < 4.78 is 0. The summed E-state index contributed by atoms with van der Waals surface area (Å²) in [4.78, 5) is 13.5. The summed E-state index contributed by atoms with van der Waals surface area (Å²) in [5.74, 6) is -0.458. The number of fused-ring (bicyclic) bond motifs is 1. The van der Waals surface area contributed by atoms with E-state index in [0.717, 1.165) is 23.1 Å². The van der Waals surface area contributed by atoms with Crippen molar-refractivity contribution < 1.29 is 9.90 Å². The largest absolute Gasteiger partial charge is 0.478 e. The summed E-state index contributed by atoms with van der Waals surface area (Å²) in [5.41, 5.74) is 9.47. The van der Waals surface area contributed by atoms with Gasteiger partial charge in [0.1, 0.15) is 0 Å². The maximum Gasteiger partial charge on any atom is 0.328 e. The third-order valence-electron chi connectivity index (χ3n) is 7.07. The Bertz CT molecular complexity index is 1370. The number of nitrogens with zero attached hydrogens (tertiary/aromatic N) is 2. The molecular weight excluding hydrogens is 446 g/mol. The van der Waals surface area contributed by atoms with Crippen LogP contribution in [0.1, 0.15) is 60.5 Å². The fourth-order valence-electron chi connectivity index (χ4n) is 5.19. The van der Waals surface area contributed by atoms with Gasteiger partial charge in [0.2, 0.25) is 0 Å². The average molecular weight is 478 g/mol. The van der Waals surface area contributed by atoms with Crippen LogP contribution in [0.25, 0.3) is 17.2 Å². The predicted molar refractivity (Wildman–Crippen MR) is 145 cm³/mol. The van der Waals surface area contributed by atoms with Crippen LogP contribution in [0.2, 0.25) is 0 Å². The Morgan fingerprint density at radius 1 is 1.06 bits per heavy atom. The number of H-pyrrole nitrogens is 1. The highest BCUT2D eigenvalue weighted by molar-refractivity contribution is 5.85. The lowest BCUT2D eigenvalue weighted by Gasteiger charge is -2.44. The number of aromatic nitrogens is 2. The second-order valence-electron chi connectivity index (χ2n) is 9.85. The summed E-state index contributed by atoms with van der Waals surface area (Å²) in [6.45, 7) is 6.73. The number of benzene rings is 3. The molecule has 5 rings (SSSR count). The van der Waals surface area contributed by atoms with Gasteiger partial charge in [-0.15, -0.1) is 0 Å². The van der Waals surface area contributed by atoms with E-state index in [2.05, 4.69) is 90.5 Å². The number of hydrogen-bond donors (Lipinski definition) is 2. The first kappa shape index (κ1) is 23.6. The van der Waals surface area contributed by atoms with Gasteiger partial charge in [-0.3, -0.25) is 5.10 Å². The Morgan fingerprint density at radius 3 is 2.44 bits per heavy atom. The molecule has 1 aliphatic heterocycles. The van der Waals surface area contributed by atoms with E-state index < -0.39 is 5.97 Å². The van der Waals surface area contributed by atoms with Gasteiger partial charge in [0.25, 0.3) is 0 Å². The van der Waals surface area contributed by atoms with Crippen LogP contribution in [0.5, 0.6) is 0 Å². The maximum absolute atomic E-state index is 10.9. The number of aliphatic carboxylic acids is 1. The van der Waals surface area contributed by atoms with E-state index in [4.69, 9.17) is 5.11 Å². The maximum atomic E-state index is 10.9. The molecule has 4 aromatic rings. The summed E-state index contributed by atoms with van der Waals surface area (Å²) in [5, 5.41) is 16.0. The predicted octanol–water partition coefficient (Wildman–Crippen LogP) is 6.84. The van der Waals surface area contributed by atoms with Gasteiger partial charge in [0.05, 0.1) is 12.2 Å². The van der Waals surface area contributed by atoms with Crippen LogP contribution >= 0.6 is 0 Å². The van der Waals surface area contributed by atoms with Crippen molar-refractivity contribution in [1.29, 1.82) is 0 Å². The number of hydrogen-bond acceptors (Lipinski definition) is 3. The zero-order chi connectivity index (χ0) is 25.2. The highest BCUT2D eigenvalue weighted by Gasteiger charge is 2.33. The standard InChI is InChI=1S/C31H31N3O2/c1-20(2)23-9-12-28(13-10-23)34-21(3)16-26-17-25(27-18-32-33-19-27)11-14-29(26)31(34)24-7-4-22(5-8-24)6-15-30(35)36/h4-15,17-21,31H,16H2,1-3H3,(H,32,33)(H,35,36)/b15-6+.